The van der Waals surface area contributed by atoms with Crippen molar-refractivity contribution in [2.24, 2.45) is 5.92 Å². The van der Waals surface area contributed by atoms with Crippen LogP contribution in [0.1, 0.15) is 13.8 Å². The second kappa shape index (κ2) is 8.14. The van der Waals surface area contributed by atoms with Crippen molar-refractivity contribution < 1.29 is 14.7 Å². The van der Waals surface area contributed by atoms with Crippen molar-refractivity contribution in [2.75, 3.05) is 5.32 Å². The molecule has 1 unspecified atom stereocenters. The van der Waals surface area contributed by atoms with E-state index >= 15 is 0 Å². The fourth-order valence-electron chi connectivity index (χ4n) is 1.49. The van der Waals surface area contributed by atoms with Gasteiger partial charge in [-0.3, -0.25) is 4.79 Å². The molecule has 1 aromatic heterocycles. The Balaban J connectivity index is 2.80. The van der Waals surface area contributed by atoms with Crippen LogP contribution in [0, 0.1) is 17.2 Å². The average molecular weight is 367 g/mol. The van der Waals surface area contributed by atoms with E-state index in [1.54, 1.807) is 38.2 Å². The van der Waals surface area contributed by atoms with E-state index in [0.717, 1.165) is 4.47 Å². The van der Waals surface area contributed by atoms with Crippen LogP contribution in [0.15, 0.2) is 34.6 Å². The number of aliphatic carboxylic acids is 1. The van der Waals surface area contributed by atoms with E-state index in [0.29, 0.717) is 5.82 Å². The fraction of sp³-hybridized carbons (Fsp3) is 0.286. The fourth-order valence-corrected chi connectivity index (χ4v) is 1.72. The van der Waals surface area contributed by atoms with Gasteiger partial charge in [-0.05, 0) is 34.0 Å². The first-order valence-corrected chi connectivity index (χ1v) is 7.16. The van der Waals surface area contributed by atoms with Gasteiger partial charge in [-0.1, -0.05) is 13.8 Å². The summed E-state index contributed by atoms with van der Waals surface area (Å²) in [6, 6.07) is 4.06. The van der Waals surface area contributed by atoms with E-state index in [4.69, 9.17) is 10.4 Å². The van der Waals surface area contributed by atoms with Crippen molar-refractivity contribution in [3.8, 4) is 6.07 Å². The molecule has 1 atom stereocenters. The molecule has 0 radical (unpaired) electrons. The van der Waals surface area contributed by atoms with E-state index in [1.807, 2.05) is 0 Å². The van der Waals surface area contributed by atoms with Gasteiger partial charge in [-0.15, -0.1) is 0 Å². The predicted molar refractivity (Wildman–Crippen MR) is 83.7 cm³/mol. The van der Waals surface area contributed by atoms with E-state index in [9.17, 15) is 9.59 Å². The van der Waals surface area contributed by atoms with Gasteiger partial charge in [0.2, 0.25) is 0 Å². The molecule has 0 bridgehead atoms. The number of halogens is 1. The number of amides is 1. The number of rotatable bonds is 6. The second-order valence-corrected chi connectivity index (χ2v) is 5.62. The van der Waals surface area contributed by atoms with Crippen molar-refractivity contribution >= 4 is 33.6 Å². The average Bonchev–Trinajstić information content (AvgIpc) is 2.46. The Morgan fingerprint density at radius 2 is 2.14 bits per heavy atom. The molecule has 1 aromatic rings. The van der Waals surface area contributed by atoms with Crippen molar-refractivity contribution in [3.05, 3.63) is 34.6 Å². The standard InChI is InChI=1S/C14H15BrN4O3/c1-8(2)12(14(21)22)19-13(20)9(5-16)6-17-11-4-3-10(15)7-18-11/h3-4,6-8,12H,1-2H3,(H,17,18)(H,19,20)(H,21,22)/b9-6-. The van der Waals surface area contributed by atoms with Gasteiger partial charge >= 0.3 is 5.97 Å². The van der Waals surface area contributed by atoms with Gasteiger partial charge in [-0.2, -0.15) is 5.26 Å². The summed E-state index contributed by atoms with van der Waals surface area (Å²) in [5, 5.41) is 23.1. The van der Waals surface area contributed by atoms with E-state index in [2.05, 4.69) is 31.5 Å². The van der Waals surface area contributed by atoms with Crippen molar-refractivity contribution in [1.82, 2.24) is 10.3 Å². The number of pyridine rings is 1. The van der Waals surface area contributed by atoms with Crippen LogP contribution >= 0.6 is 15.9 Å². The Labute approximate surface area is 136 Å². The Morgan fingerprint density at radius 1 is 1.45 bits per heavy atom. The Kier molecular flexibility index (Phi) is 6.53. The molecule has 1 amide bonds. The first-order valence-electron chi connectivity index (χ1n) is 6.37. The number of carboxylic acids is 1. The van der Waals surface area contributed by atoms with Crippen LogP contribution in [0.5, 0.6) is 0 Å². The van der Waals surface area contributed by atoms with Gasteiger partial charge < -0.3 is 15.7 Å². The molecule has 0 saturated carbocycles. The molecule has 0 aliphatic carbocycles. The van der Waals surface area contributed by atoms with Crippen LogP contribution in [-0.2, 0) is 9.59 Å². The SMILES string of the molecule is CC(C)C(NC(=O)/C(C#N)=C\Nc1ccc(Br)cn1)C(=O)O. The maximum Gasteiger partial charge on any atom is 0.326 e. The summed E-state index contributed by atoms with van der Waals surface area (Å²) in [5.74, 6) is -1.76. The molecule has 22 heavy (non-hydrogen) atoms. The van der Waals surface area contributed by atoms with E-state index in [-0.39, 0.29) is 11.5 Å². The molecule has 0 spiro atoms. The van der Waals surface area contributed by atoms with Gasteiger partial charge in [0.05, 0.1) is 0 Å². The Morgan fingerprint density at radius 3 is 2.59 bits per heavy atom. The van der Waals surface area contributed by atoms with Crippen molar-refractivity contribution in [2.45, 2.75) is 19.9 Å². The smallest absolute Gasteiger partial charge is 0.326 e. The molecule has 1 rings (SSSR count). The third-order valence-corrected chi connectivity index (χ3v) is 3.15. The lowest BCUT2D eigenvalue weighted by molar-refractivity contribution is -0.142. The summed E-state index contributed by atoms with van der Waals surface area (Å²) < 4.78 is 0.793. The van der Waals surface area contributed by atoms with E-state index in [1.165, 1.54) is 6.20 Å². The summed E-state index contributed by atoms with van der Waals surface area (Å²) in [4.78, 5) is 27.0. The zero-order chi connectivity index (χ0) is 16.7. The summed E-state index contributed by atoms with van der Waals surface area (Å²) in [7, 11) is 0. The van der Waals surface area contributed by atoms with Gasteiger partial charge in [-0.25, -0.2) is 9.78 Å². The molecule has 3 N–H and O–H groups in total. The molecule has 1 heterocycles. The molecule has 0 aliphatic rings. The van der Waals surface area contributed by atoms with Crippen LogP contribution in [-0.4, -0.2) is 28.0 Å². The van der Waals surface area contributed by atoms with Crippen LogP contribution < -0.4 is 10.6 Å². The zero-order valence-corrected chi connectivity index (χ0v) is 13.6. The summed E-state index contributed by atoms with van der Waals surface area (Å²) in [5.41, 5.74) is -0.239. The quantitative estimate of drug-likeness (QED) is 0.523. The summed E-state index contributed by atoms with van der Waals surface area (Å²) in [6.45, 7) is 3.33. The minimum Gasteiger partial charge on any atom is -0.480 e. The van der Waals surface area contributed by atoms with Crippen LogP contribution in [0.25, 0.3) is 0 Å². The monoisotopic (exact) mass is 366 g/mol. The highest BCUT2D eigenvalue weighted by atomic mass is 79.9. The second-order valence-electron chi connectivity index (χ2n) is 4.71. The number of carboxylic acid groups (broad SMARTS) is 1. The maximum atomic E-state index is 11.9. The largest absolute Gasteiger partial charge is 0.480 e. The molecule has 116 valence electrons. The number of nitriles is 1. The number of anilines is 1. The first kappa shape index (κ1) is 17.7. The van der Waals surface area contributed by atoms with Gasteiger partial charge in [0.25, 0.3) is 5.91 Å². The van der Waals surface area contributed by atoms with Gasteiger partial charge in [0.15, 0.2) is 0 Å². The molecular weight excluding hydrogens is 352 g/mol. The highest BCUT2D eigenvalue weighted by molar-refractivity contribution is 9.10. The zero-order valence-electron chi connectivity index (χ0n) is 12.0. The molecule has 7 nitrogen and oxygen atoms in total. The topological polar surface area (TPSA) is 115 Å². The van der Waals surface area contributed by atoms with E-state index < -0.39 is 17.9 Å². The normalized spacial score (nSPS) is 12.4. The highest BCUT2D eigenvalue weighted by Crippen LogP contribution is 2.11. The number of nitrogens with one attached hydrogen (secondary N) is 2. The molecule has 0 aromatic carbocycles. The van der Waals surface area contributed by atoms with Gasteiger partial charge in [0.1, 0.15) is 23.5 Å². The Bertz CT molecular complexity index is 620. The minimum absolute atomic E-state index is 0.239. The molecule has 8 heteroatoms. The van der Waals surface area contributed by atoms with Crippen LogP contribution in [0.4, 0.5) is 5.82 Å². The summed E-state index contributed by atoms with van der Waals surface area (Å²) >= 11 is 3.24. The van der Waals surface area contributed by atoms with Crippen LogP contribution in [0.2, 0.25) is 0 Å². The third-order valence-electron chi connectivity index (χ3n) is 2.68. The number of carbonyl (C=O) groups excluding carboxylic acids is 1. The Hall–Kier alpha value is -2.40. The molecule has 0 saturated heterocycles. The number of aromatic nitrogens is 1. The number of hydrogen-bond acceptors (Lipinski definition) is 5. The minimum atomic E-state index is -1.15. The van der Waals surface area contributed by atoms with Crippen LogP contribution in [0.3, 0.4) is 0 Å². The lowest BCUT2D eigenvalue weighted by atomic mass is 10.0. The third kappa shape index (κ3) is 5.18. The molecular formula is C14H15BrN4O3. The molecule has 0 aliphatic heterocycles. The molecule has 0 fully saturated rings. The first-order chi connectivity index (χ1) is 10.3. The predicted octanol–water partition coefficient (Wildman–Crippen LogP) is 1.89. The van der Waals surface area contributed by atoms with Crippen molar-refractivity contribution in [3.63, 3.8) is 0 Å². The summed E-state index contributed by atoms with van der Waals surface area (Å²) in [6.07, 6.45) is 2.74. The maximum absolute atomic E-state index is 11.9. The lowest BCUT2D eigenvalue weighted by Gasteiger charge is -2.17. The number of carbonyl (C=O) groups is 2. The lowest BCUT2D eigenvalue weighted by Crippen LogP contribution is -2.44. The number of nitrogens with zero attached hydrogens (tertiary/aromatic N) is 2. The van der Waals surface area contributed by atoms with Crippen molar-refractivity contribution in [1.29, 1.82) is 5.26 Å². The number of hydrogen-bond donors (Lipinski definition) is 3. The highest BCUT2D eigenvalue weighted by Gasteiger charge is 2.24. The van der Waals surface area contributed by atoms with Gasteiger partial charge in [0, 0.05) is 16.9 Å².